The maximum Gasteiger partial charge on any atom is 0.416 e. The third-order valence-corrected chi connectivity index (χ3v) is 3.18. The number of alkyl halides is 3. The highest BCUT2D eigenvalue weighted by Gasteiger charge is 2.31. The van der Waals surface area contributed by atoms with Gasteiger partial charge in [0, 0.05) is 18.2 Å². The Labute approximate surface area is 121 Å². The van der Waals surface area contributed by atoms with Gasteiger partial charge in [-0.15, -0.1) is 12.4 Å². The van der Waals surface area contributed by atoms with Crippen LogP contribution in [0.15, 0.2) is 24.3 Å². The van der Waals surface area contributed by atoms with Gasteiger partial charge < -0.3 is 11.1 Å². The second-order valence-electron chi connectivity index (χ2n) is 4.79. The summed E-state index contributed by atoms with van der Waals surface area (Å²) in [4.78, 5) is 11.7. The first-order valence-electron chi connectivity index (χ1n) is 6.09. The van der Waals surface area contributed by atoms with Crippen LogP contribution in [0.25, 0.3) is 0 Å². The summed E-state index contributed by atoms with van der Waals surface area (Å²) in [6, 6.07) is 4.24. The van der Waals surface area contributed by atoms with E-state index in [1.807, 2.05) is 0 Å². The average molecular weight is 309 g/mol. The number of hydrogen-bond donors (Lipinski definition) is 2. The summed E-state index contributed by atoms with van der Waals surface area (Å²) in [5.41, 5.74) is 4.98. The minimum absolute atomic E-state index is 0. The molecule has 7 heteroatoms. The molecule has 2 rings (SSSR count). The van der Waals surface area contributed by atoms with Crippen LogP contribution >= 0.6 is 12.4 Å². The van der Waals surface area contributed by atoms with Gasteiger partial charge in [0.25, 0.3) is 5.91 Å². The molecule has 1 amide bonds. The maximum absolute atomic E-state index is 12.5. The first kappa shape index (κ1) is 16.8. The Morgan fingerprint density at radius 1 is 1.40 bits per heavy atom. The minimum atomic E-state index is -4.44. The molecule has 1 aromatic rings. The van der Waals surface area contributed by atoms with Crippen LogP contribution in [-0.2, 0) is 6.18 Å². The molecule has 0 saturated heterocycles. The third kappa shape index (κ3) is 4.38. The van der Waals surface area contributed by atoms with Gasteiger partial charge >= 0.3 is 6.18 Å². The van der Waals surface area contributed by atoms with Crippen molar-refractivity contribution in [3.63, 3.8) is 0 Å². The molecule has 0 spiro atoms. The van der Waals surface area contributed by atoms with Crippen LogP contribution in [-0.4, -0.2) is 18.5 Å². The zero-order valence-corrected chi connectivity index (χ0v) is 11.4. The Balaban J connectivity index is 0.00000200. The maximum atomic E-state index is 12.5. The predicted octanol–water partition coefficient (Wildman–Crippen LogP) is 2.59. The largest absolute Gasteiger partial charge is 0.416 e. The van der Waals surface area contributed by atoms with Crippen LogP contribution in [0.4, 0.5) is 13.2 Å². The standard InChI is InChI=1S/C13H15F3N2O.ClH/c14-13(15,16)10-3-1-2-9(6-10)12(19)18-7-11(17)8-4-5-8;/h1-3,6,8,11H,4-5,7,17H2,(H,18,19);1H. The monoisotopic (exact) mass is 308 g/mol. The van der Waals surface area contributed by atoms with Crippen molar-refractivity contribution >= 4 is 18.3 Å². The van der Waals surface area contributed by atoms with Crippen LogP contribution in [0.1, 0.15) is 28.8 Å². The SMILES string of the molecule is Cl.NC(CNC(=O)c1cccc(C(F)(F)F)c1)C1CC1. The van der Waals surface area contributed by atoms with Crippen molar-refractivity contribution in [3.8, 4) is 0 Å². The van der Waals surface area contributed by atoms with Crippen LogP contribution in [0.3, 0.4) is 0 Å². The van der Waals surface area contributed by atoms with Crippen molar-refractivity contribution in [3.05, 3.63) is 35.4 Å². The molecule has 1 aliphatic rings. The first-order valence-corrected chi connectivity index (χ1v) is 6.09. The second kappa shape index (κ2) is 6.45. The lowest BCUT2D eigenvalue weighted by atomic mass is 10.1. The molecule has 0 aliphatic heterocycles. The van der Waals surface area contributed by atoms with Crippen molar-refractivity contribution in [1.82, 2.24) is 5.32 Å². The Kier molecular flexibility index (Phi) is 5.42. The van der Waals surface area contributed by atoms with Crippen molar-refractivity contribution in [1.29, 1.82) is 0 Å². The zero-order valence-electron chi connectivity index (χ0n) is 10.6. The topological polar surface area (TPSA) is 55.1 Å². The Morgan fingerprint density at radius 3 is 2.60 bits per heavy atom. The van der Waals surface area contributed by atoms with Gasteiger partial charge in [-0.2, -0.15) is 13.2 Å². The van der Waals surface area contributed by atoms with Gasteiger partial charge in [-0.3, -0.25) is 4.79 Å². The average Bonchev–Trinajstić information content (AvgIpc) is 3.19. The molecule has 112 valence electrons. The molecule has 1 unspecified atom stereocenters. The van der Waals surface area contributed by atoms with Crippen molar-refractivity contribution in [2.45, 2.75) is 25.1 Å². The summed E-state index contributed by atoms with van der Waals surface area (Å²) >= 11 is 0. The van der Waals surface area contributed by atoms with Crippen molar-refractivity contribution in [2.75, 3.05) is 6.54 Å². The molecule has 0 bridgehead atoms. The van der Waals surface area contributed by atoms with Gasteiger partial charge in [0.05, 0.1) is 5.56 Å². The van der Waals surface area contributed by atoms with E-state index in [-0.39, 0.29) is 24.0 Å². The Bertz CT molecular complexity index is 475. The number of carbonyl (C=O) groups excluding carboxylic acids is 1. The lowest BCUT2D eigenvalue weighted by Crippen LogP contribution is -2.38. The number of nitrogens with two attached hydrogens (primary N) is 1. The van der Waals surface area contributed by atoms with Gasteiger partial charge in [-0.1, -0.05) is 6.07 Å². The summed E-state index contributed by atoms with van der Waals surface area (Å²) in [5.74, 6) is -0.0935. The first-order chi connectivity index (χ1) is 8.88. The number of hydrogen-bond acceptors (Lipinski definition) is 2. The smallest absolute Gasteiger partial charge is 0.350 e. The van der Waals surface area contributed by atoms with E-state index in [4.69, 9.17) is 5.73 Å². The number of rotatable bonds is 4. The molecule has 1 aliphatic carbocycles. The minimum Gasteiger partial charge on any atom is -0.350 e. The number of amides is 1. The van der Waals surface area contributed by atoms with E-state index in [0.717, 1.165) is 25.0 Å². The van der Waals surface area contributed by atoms with Gasteiger partial charge in [-0.05, 0) is 37.0 Å². The van der Waals surface area contributed by atoms with E-state index >= 15 is 0 Å². The Hall–Kier alpha value is -1.27. The lowest BCUT2D eigenvalue weighted by molar-refractivity contribution is -0.137. The molecule has 0 radical (unpaired) electrons. The fourth-order valence-corrected chi connectivity index (χ4v) is 1.84. The summed E-state index contributed by atoms with van der Waals surface area (Å²) in [5, 5.41) is 2.57. The fourth-order valence-electron chi connectivity index (χ4n) is 1.84. The van der Waals surface area contributed by atoms with E-state index in [9.17, 15) is 18.0 Å². The van der Waals surface area contributed by atoms with Gasteiger partial charge in [0.1, 0.15) is 0 Å². The molecule has 1 atom stereocenters. The van der Waals surface area contributed by atoms with Crippen LogP contribution in [0.5, 0.6) is 0 Å². The zero-order chi connectivity index (χ0) is 14.0. The highest BCUT2D eigenvalue weighted by atomic mass is 35.5. The number of nitrogens with one attached hydrogen (secondary N) is 1. The van der Waals surface area contributed by atoms with Gasteiger partial charge in [-0.25, -0.2) is 0 Å². The number of benzene rings is 1. The van der Waals surface area contributed by atoms with Crippen molar-refractivity contribution in [2.24, 2.45) is 11.7 Å². The fraction of sp³-hybridized carbons (Fsp3) is 0.462. The van der Waals surface area contributed by atoms with E-state index in [1.54, 1.807) is 0 Å². The molecule has 1 fully saturated rings. The summed E-state index contributed by atoms with van der Waals surface area (Å²) < 4.78 is 37.5. The van der Waals surface area contributed by atoms with E-state index in [0.29, 0.717) is 12.5 Å². The lowest BCUT2D eigenvalue weighted by Gasteiger charge is -2.12. The van der Waals surface area contributed by atoms with Gasteiger partial charge in [0.15, 0.2) is 0 Å². The predicted molar refractivity (Wildman–Crippen MR) is 71.7 cm³/mol. The molecule has 3 N–H and O–H groups in total. The van der Waals surface area contributed by atoms with Crippen molar-refractivity contribution < 1.29 is 18.0 Å². The molecule has 1 aromatic carbocycles. The van der Waals surface area contributed by atoms with E-state index < -0.39 is 17.6 Å². The highest BCUT2D eigenvalue weighted by molar-refractivity contribution is 5.94. The Morgan fingerprint density at radius 2 is 2.05 bits per heavy atom. The van der Waals surface area contributed by atoms with Crippen LogP contribution < -0.4 is 11.1 Å². The molecule has 0 heterocycles. The summed E-state index contributed by atoms with van der Waals surface area (Å²) in [6.45, 7) is 0.291. The van der Waals surface area contributed by atoms with Crippen LogP contribution in [0.2, 0.25) is 0 Å². The van der Waals surface area contributed by atoms with E-state index in [1.165, 1.54) is 12.1 Å². The third-order valence-electron chi connectivity index (χ3n) is 3.18. The number of carbonyl (C=O) groups is 1. The summed E-state index contributed by atoms with van der Waals surface area (Å²) in [6.07, 6.45) is -2.33. The number of halogens is 4. The molecular weight excluding hydrogens is 293 g/mol. The van der Waals surface area contributed by atoms with Crippen LogP contribution in [0, 0.1) is 5.92 Å². The summed E-state index contributed by atoms with van der Waals surface area (Å²) in [7, 11) is 0. The molecular formula is C13H16ClF3N2O. The highest BCUT2D eigenvalue weighted by Crippen LogP contribution is 2.31. The quantitative estimate of drug-likeness (QED) is 0.898. The molecule has 0 aromatic heterocycles. The van der Waals surface area contributed by atoms with Gasteiger partial charge in [0.2, 0.25) is 0 Å². The molecule has 20 heavy (non-hydrogen) atoms. The second-order valence-corrected chi connectivity index (χ2v) is 4.79. The normalized spacial score (nSPS) is 16.2. The molecule has 1 saturated carbocycles. The van der Waals surface area contributed by atoms with E-state index in [2.05, 4.69) is 5.32 Å². The molecule has 3 nitrogen and oxygen atoms in total.